The number of methoxy groups -OCH3 is 1. The molecule has 0 bridgehead atoms. The van der Waals surface area contributed by atoms with Crippen LogP contribution < -0.4 is 10.1 Å². The summed E-state index contributed by atoms with van der Waals surface area (Å²) in [6, 6.07) is 6.47. The number of hydrogen-bond donors (Lipinski definition) is 1. The van der Waals surface area contributed by atoms with Crippen molar-refractivity contribution in [2.75, 3.05) is 39.8 Å². The first-order valence-electron chi connectivity index (χ1n) is 7.11. The molecule has 3 nitrogen and oxygen atoms in total. The first-order valence-corrected chi connectivity index (χ1v) is 7.11. The van der Waals surface area contributed by atoms with E-state index in [0.717, 1.165) is 38.5 Å². The predicted molar refractivity (Wildman–Crippen MR) is 80.1 cm³/mol. The van der Waals surface area contributed by atoms with Crippen molar-refractivity contribution in [3.63, 3.8) is 0 Å². The van der Waals surface area contributed by atoms with Gasteiger partial charge in [-0.3, -0.25) is 4.90 Å². The van der Waals surface area contributed by atoms with Gasteiger partial charge in [0.05, 0.1) is 7.11 Å². The lowest BCUT2D eigenvalue weighted by Gasteiger charge is -2.36. The van der Waals surface area contributed by atoms with Gasteiger partial charge in [0.15, 0.2) is 0 Å². The minimum atomic E-state index is 0.106. The molecule has 0 saturated carbocycles. The minimum Gasteiger partial charge on any atom is -0.496 e. The predicted octanol–water partition coefficient (Wildman–Crippen LogP) is 2.19. The second-order valence-electron chi connectivity index (χ2n) is 6.11. The summed E-state index contributed by atoms with van der Waals surface area (Å²) in [7, 11) is 1.76. The first-order chi connectivity index (χ1) is 9.03. The van der Waals surface area contributed by atoms with Crippen LogP contribution in [0.5, 0.6) is 5.75 Å². The number of hydrogen-bond acceptors (Lipinski definition) is 3. The number of aryl methyl sites for hydroxylation is 1. The number of rotatable bonds is 4. The van der Waals surface area contributed by atoms with E-state index in [1.807, 2.05) is 0 Å². The SMILES string of the molecule is COc1ccc(C)cc1C(C)(C)CN1CCNCC1. The fourth-order valence-corrected chi connectivity index (χ4v) is 2.86. The summed E-state index contributed by atoms with van der Waals surface area (Å²) in [6.45, 7) is 12.3. The normalized spacial score (nSPS) is 17.5. The Morgan fingerprint density at radius 1 is 1.26 bits per heavy atom. The van der Waals surface area contributed by atoms with E-state index in [1.54, 1.807) is 7.11 Å². The molecule has 0 radical (unpaired) electrons. The number of ether oxygens (including phenoxy) is 1. The molecule has 1 fully saturated rings. The van der Waals surface area contributed by atoms with Crippen LogP contribution in [-0.4, -0.2) is 44.7 Å². The molecule has 3 heteroatoms. The number of nitrogens with zero attached hydrogens (tertiary/aromatic N) is 1. The monoisotopic (exact) mass is 262 g/mol. The fourth-order valence-electron chi connectivity index (χ4n) is 2.86. The van der Waals surface area contributed by atoms with Crippen molar-refractivity contribution in [3.8, 4) is 5.75 Å². The molecule has 1 N–H and O–H groups in total. The van der Waals surface area contributed by atoms with Gasteiger partial charge in [0.1, 0.15) is 5.75 Å². The Balaban J connectivity index is 2.19. The summed E-state index contributed by atoms with van der Waals surface area (Å²) in [5, 5.41) is 3.41. The second-order valence-corrected chi connectivity index (χ2v) is 6.11. The Labute approximate surface area is 116 Å². The number of nitrogens with one attached hydrogen (secondary N) is 1. The molecule has 1 aliphatic heterocycles. The maximum atomic E-state index is 5.54. The number of benzene rings is 1. The minimum absolute atomic E-state index is 0.106. The lowest BCUT2D eigenvalue weighted by Crippen LogP contribution is -2.48. The molecule has 0 atom stereocenters. The van der Waals surface area contributed by atoms with Gasteiger partial charge in [-0.2, -0.15) is 0 Å². The molecule has 0 spiro atoms. The Bertz CT molecular complexity index is 423. The van der Waals surface area contributed by atoms with E-state index in [2.05, 4.69) is 49.2 Å². The lowest BCUT2D eigenvalue weighted by atomic mass is 9.82. The van der Waals surface area contributed by atoms with Gasteiger partial charge in [0.25, 0.3) is 0 Å². The van der Waals surface area contributed by atoms with E-state index in [1.165, 1.54) is 11.1 Å². The third-order valence-electron chi connectivity index (χ3n) is 3.91. The van der Waals surface area contributed by atoms with Crippen molar-refractivity contribution in [1.29, 1.82) is 0 Å². The average Bonchev–Trinajstić information content (AvgIpc) is 2.39. The summed E-state index contributed by atoms with van der Waals surface area (Å²) in [6.07, 6.45) is 0. The standard InChI is InChI=1S/C16H26N2O/c1-13-5-6-15(19-4)14(11-13)16(2,3)12-18-9-7-17-8-10-18/h5-6,11,17H,7-10,12H2,1-4H3. The Morgan fingerprint density at radius 2 is 1.95 bits per heavy atom. The molecule has 1 aliphatic rings. The lowest BCUT2D eigenvalue weighted by molar-refractivity contribution is 0.198. The zero-order chi connectivity index (χ0) is 13.9. The van der Waals surface area contributed by atoms with Crippen molar-refractivity contribution in [1.82, 2.24) is 10.2 Å². The van der Waals surface area contributed by atoms with E-state index < -0.39 is 0 Å². The molecule has 1 heterocycles. The Hall–Kier alpha value is -1.06. The molecule has 0 aromatic heterocycles. The highest BCUT2D eigenvalue weighted by molar-refractivity contribution is 5.42. The van der Waals surface area contributed by atoms with Crippen LogP contribution in [0.3, 0.4) is 0 Å². The van der Waals surface area contributed by atoms with Crippen LogP contribution in [0.2, 0.25) is 0 Å². The van der Waals surface area contributed by atoms with E-state index in [-0.39, 0.29) is 5.41 Å². The van der Waals surface area contributed by atoms with Gasteiger partial charge < -0.3 is 10.1 Å². The topological polar surface area (TPSA) is 24.5 Å². The molecular formula is C16H26N2O. The molecular weight excluding hydrogens is 236 g/mol. The molecule has 19 heavy (non-hydrogen) atoms. The van der Waals surface area contributed by atoms with Gasteiger partial charge in [0, 0.05) is 43.7 Å². The Morgan fingerprint density at radius 3 is 2.58 bits per heavy atom. The zero-order valence-corrected chi connectivity index (χ0v) is 12.6. The first kappa shape index (κ1) is 14.4. The third-order valence-corrected chi connectivity index (χ3v) is 3.91. The molecule has 0 unspecified atom stereocenters. The van der Waals surface area contributed by atoms with Crippen LogP contribution in [0.1, 0.15) is 25.0 Å². The largest absolute Gasteiger partial charge is 0.496 e. The van der Waals surface area contributed by atoms with Crippen molar-refractivity contribution in [2.24, 2.45) is 0 Å². The van der Waals surface area contributed by atoms with Gasteiger partial charge in [-0.15, -0.1) is 0 Å². The van der Waals surface area contributed by atoms with Gasteiger partial charge in [0.2, 0.25) is 0 Å². The molecule has 1 saturated heterocycles. The number of piperazine rings is 1. The summed E-state index contributed by atoms with van der Waals surface area (Å²) in [5.74, 6) is 1.01. The molecule has 0 amide bonds. The van der Waals surface area contributed by atoms with E-state index in [4.69, 9.17) is 4.74 Å². The van der Waals surface area contributed by atoms with Crippen LogP contribution >= 0.6 is 0 Å². The summed E-state index contributed by atoms with van der Waals surface area (Å²) >= 11 is 0. The van der Waals surface area contributed by atoms with Gasteiger partial charge in [-0.05, 0) is 13.0 Å². The van der Waals surface area contributed by atoms with Crippen LogP contribution in [0.15, 0.2) is 18.2 Å². The fraction of sp³-hybridized carbons (Fsp3) is 0.625. The summed E-state index contributed by atoms with van der Waals surface area (Å²) < 4.78 is 5.54. The Kier molecular flexibility index (Phi) is 4.48. The van der Waals surface area contributed by atoms with Gasteiger partial charge in [-0.1, -0.05) is 31.5 Å². The quantitative estimate of drug-likeness (QED) is 0.900. The van der Waals surface area contributed by atoms with E-state index in [9.17, 15) is 0 Å². The molecule has 106 valence electrons. The van der Waals surface area contributed by atoms with Gasteiger partial charge >= 0.3 is 0 Å². The van der Waals surface area contributed by atoms with Crippen LogP contribution in [0.25, 0.3) is 0 Å². The second kappa shape index (κ2) is 5.93. The van der Waals surface area contributed by atoms with Crippen LogP contribution in [0.4, 0.5) is 0 Å². The highest BCUT2D eigenvalue weighted by Crippen LogP contribution is 2.33. The van der Waals surface area contributed by atoms with E-state index in [0.29, 0.717) is 0 Å². The zero-order valence-electron chi connectivity index (χ0n) is 12.6. The molecule has 1 aromatic carbocycles. The van der Waals surface area contributed by atoms with Crippen molar-refractivity contribution < 1.29 is 4.74 Å². The van der Waals surface area contributed by atoms with Crippen LogP contribution in [-0.2, 0) is 5.41 Å². The van der Waals surface area contributed by atoms with Crippen molar-refractivity contribution in [3.05, 3.63) is 29.3 Å². The maximum absolute atomic E-state index is 5.54. The van der Waals surface area contributed by atoms with Crippen LogP contribution in [0, 0.1) is 6.92 Å². The third kappa shape index (κ3) is 3.48. The summed E-state index contributed by atoms with van der Waals surface area (Å²) in [5.41, 5.74) is 2.71. The smallest absolute Gasteiger partial charge is 0.122 e. The van der Waals surface area contributed by atoms with E-state index >= 15 is 0 Å². The van der Waals surface area contributed by atoms with Crippen molar-refractivity contribution in [2.45, 2.75) is 26.2 Å². The maximum Gasteiger partial charge on any atom is 0.122 e. The average molecular weight is 262 g/mol. The highest BCUT2D eigenvalue weighted by Gasteiger charge is 2.27. The van der Waals surface area contributed by atoms with Gasteiger partial charge in [-0.25, -0.2) is 0 Å². The van der Waals surface area contributed by atoms with Crippen molar-refractivity contribution >= 4 is 0 Å². The molecule has 1 aromatic rings. The molecule has 0 aliphatic carbocycles. The molecule has 2 rings (SSSR count). The summed E-state index contributed by atoms with van der Waals surface area (Å²) in [4.78, 5) is 2.54. The highest BCUT2D eigenvalue weighted by atomic mass is 16.5.